The van der Waals surface area contributed by atoms with Crippen LogP contribution in [0.25, 0.3) is 0 Å². The molecule has 1 atom stereocenters. The van der Waals surface area contributed by atoms with Gasteiger partial charge in [-0.1, -0.05) is 72.8 Å². The van der Waals surface area contributed by atoms with E-state index in [1.807, 2.05) is 91.9 Å². The number of benzene rings is 3. The molecule has 1 aromatic heterocycles. The molecule has 5 rings (SSSR count). The van der Waals surface area contributed by atoms with Crippen molar-refractivity contribution >= 4 is 23.0 Å². The summed E-state index contributed by atoms with van der Waals surface area (Å²) in [5.74, 6) is -0.790. The van der Waals surface area contributed by atoms with Gasteiger partial charge in [0.05, 0.1) is 27.2 Å². The molecule has 0 saturated heterocycles. The molecule has 0 saturated carbocycles. The molecule has 7 heteroatoms. The second-order valence-corrected chi connectivity index (χ2v) is 10.1. The van der Waals surface area contributed by atoms with Gasteiger partial charge in [0.2, 0.25) is 5.78 Å². The SMILES string of the molecule is Cc1nc(C)c(C(=O)C2=C(O)C(=O)N(Cc3ccccc3)C2c2ccc(OCc3ccccc3)cc2)s1. The summed E-state index contributed by atoms with van der Waals surface area (Å²) in [7, 11) is 0. The number of ketones is 1. The lowest BCUT2D eigenvalue weighted by atomic mass is 9.94. The van der Waals surface area contributed by atoms with E-state index in [0.717, 1.165) is 16.1 Å². The number of amides is 1. The number of ether oxygens (including phenoxy) is 1. The minimum absolute atomic E-state index is 0.0747. The van der Waals surface area contributed by atoms with Crippen LogP contribution in [0.15, 0.2) is 96.3 Å². The number of aromatic nitrogens is 1. The number of aliphatic hydroxyl groups is 1. The maximum atomic E-state index is 13.7. The molecule has 0 fully saturated rings. The number of carbonyl (C=O) groups excluding carboxylic acids is 2. The topological polar surface area (TPSA) is 79.7 Å². The van der Waals surface area contributed by atoms with E-state index in [0.29, 0.717) is 28.5 Å². The first-order chi connectivity index (χ1) is 17.9. The quantitative estimate of drug-likeness (QED) is 0.289. The van der Waals surface area contributed by atoms with Crippen LogP contribution in [0.2, 0.25) is 0 Å². The highest BCUT2D eigenvalue weighted by Crippen LogP contribution is 2.41. The van der Waals surface area contributed by atoms with Crippen molar-refractivity contribution in [1.82, 2.24) is 9.88 Å². The van der Waals surface area contributed by atoms with Gasteiger partial charge in [0, 0.05) is 6.54 Å². The summed E-state index contributed by atoms with van der Waals surface area (Å²) in [6.45, 7) is 4.27. The minimum Gasteiger partial charge on any atom is -0.503 e. The van der Waals surface area contributed by atoms with Gasteiger partial charge >= 0.3 is 0 Å². The number of thiazole rings is 1. The summed E-state index contributed by atoms with van der Waals surface area (Å²) in [6, 6.07) is 26.0. The Balaban J connectivity index is 1.48. The van der Waals surface area contributed by atoms with Gasteiger partial charge in [-0.05, 0) is 42.7 Å². The zero-order valence-electron chi connectivity index (χ0n) is 20.5. The number of carbonyl (C=O) groups is 2. The fraction of sp³-hybridized carbons (Fsp3) is 0.167. The predicted octanol–water partition coefficient (Wildman–Crippen LogP) is 6.12. The van der Waals surface area contributed by atoms with Gasteiger partial charge in [-0.25, -0.2) is 4.98 Å². The van der Waals surface area contributed by atoms with Crippen LogP contribution in [0.4, 0.5) is 0 Å². The molecule has 0 spiro atoms. The zero-order valence-corrected chi connectivity index (χ0v) is 21.4. The number of Topliss-reactive ketones (excluding diaryl/α,β-unsaturated/α-hetero) is 1. The van der Waals surface area contributed by atoms with E-state index < -0.39 is 17.7 Å². The van der Waals surface area contributed by atoms with Crippen molar-refractivity contribution in [3.8, 4) is 5.75 Å². The van der Waals surface area contributed by atoms with Crippen molar-refractivity contribution in [2.24, 2.45) is 0 Å². The van der Waals surface area contributed by atoms with Gasteiger partial charge in [0.25, 0.3) is 5.91 Å². The van der Waals surface area contributed by atoms with Gasteiger partial charge < -0.3 is 14.7 Å². The Labute approximate surface area is 219 Å². The molecule has 4 aromatic rings. The molecule has 0 bridgehead atoms. The smallest absolute Gasteiger partial charge is 0.290 e. The molecule has 0 aliphatic carbocycles. The molecule has 1 aliphatic heterocycles. The van der Waals surface area contributed by atoms with E-state index in [2.05, 4.69) is 4.98 Å². The molecular weight excluding hydrogens is 484 g/mol. The second-order valence-electron chi connectivity index (χ2n) is 8.90. The van der Waals surface area contributed by atoms with Crippen molar-refractivity contribution in [3.05, 3.63) is 129 Å². The Bertz CT molecular complexity index is 1460. The van der Waals surface area contributed by atoms with E-state index in [1.165, 1.54) is 11.3 Å². The summed E-state index contributed by atoms with van der Waals surface area (Å²) in [5, 5.41) is 11.7. The van der Waals surface area contributed by atoms with Crippen LogP contribution in [0.3, 0.4) is 0 Å². The van der Waals surface area contributed by atoms with E-state index in [4.69, 9.17) is 4.74 Å². The third kappa shape index (κ3) is 5.04. The van der Waals surface area contributed by atoms with Crippen LogP contribution < -0.4 is 4.74 Å². The number of aryl methyl sites for hydroxylation is 2. The molecule has 186 valence electrons. The molecule has 1 amide bonds. The third-order valence-corrected chi connectivity index (χ3v) is 7.37. The Kier molecular flexibility index (Phi) is 6.88. The van der Waals surface area contributed by atoms with E-state index in [9.17, 15) is 14.7 Å². The normalized spacial score (nSPS) is 15.4. The standard InChI is InChI=1S/C30H26N2O4S/c1-19-29(37-20(2)31-19)27(33)25-26(32(30(35)28(25)34)17-21-9-5-3-6-10-21)23-13-15-24(16-14-23)36-18-22-11-7-4-8-12-22/h3-16,26,34H,17-18H2,1-2H3. The molecule has 6 nitrogen and oxygen atoms in total. The van der Waals surface area contributed by atoms with Gasteiger partial charge in [-0.15, -0.1) is 11.3 Å². The number of hydrogen-bond donors (Lipinski definition) is 1. The Hall–Kier alpha value is -4.23. The molecule has 0 radical (unpaired) electrons. The average molecular weight is 511 g/mol. The lowest BCUT2D eigenvalue weighted by Crippen LogP contribution is -2.30. The van der Waals surface area contributed by atoms with Crippen molar-refractivity contribution in [1.29, 1.82) is 0 Å². The lowest BCUT2D eigenvalue weighted by molar-refractivity contribution is -0.130. The van der Waals surface area contributed by atoms with Crippen LogP contribution in [0.1, 0.15) is 43.1 Å². The molecule has 37 heavy (non-hydrogen) atoms. The van der Waals surface area contributed by atoms with Crippen LogP contribution in [-0.4, -0.2) is 26.7 Å². The third-order valence-electron chi connectivity index (χ3n) is 6.30. The van der Waals surface area contributed by atoms with E-state index in [1.54, 1.807) is 11.8 Å². The summed E-state index contributed by atoms with van der Waals surface area (Å²) >= 11 is 1.27. The second kappa shape index (κ2) is 10.4. The Morgan fingerprint density at radius 3 is 2.16 bits per heavy atom. The van der Waals surface area contributed by atoms with Crippen LogP contribution in [0, 0.1) is 13.8 Å². The molecule has 3 aromatic carbocycles. The largest absolute Gasteiger partial charge is 0.503 e. The van der Waals surface area contributed by atoms with Crippen molar-refractivity contribution in [3.63, 3.8) is 0 Å². The van der Waals surface area contributed by atoms with Crippen molar-refractivity contribution in [2.45, 2.75) is 33.0 Å². The highest BCUT2D eigenvalue weighted by molar-refractivity contribution is 7.14. The van der Waals surface area contributed by atoms with Gasteiger partial charge in [-0.2, -0.15) is 0 Å². The van der Waals surface area contributed by atoms with Crippen LogP contribution in [0.5, 0.6) is 5.75 Å². The summed E-state index contributed by atoms with van der Waals surface area (Å²) in [6.07, 6.45) is 0. The maximum Gasteiger partial charge on any atom is 0.290 e. The van der Waals surface area contributed by atoms with E-state index in [-0.39, 0.29) is 17.9 Å². The van der Waals surface area contributed by atoms with E-state index >= 15 is 0 Å². The first-order valence-corrected chi connectivity index (χ1v) is 12.8. The van der Waals surface area contributed by atoms with Crippen molar-refractivity contribution in [2.75, 3.05) is 0 Å². The number of nitrogens with zero attached hydrogens (tertiary/aromatic N) is 2. The molecule has 1 N–H and O–H groups in total. The fourth-order valence-corrected chi connectivity index (χ4v) is 5.40. The minimum atomic E-state index is -0.745. The molecule has 1 unspecified atom stereocenters. The Morgan fingerprint density at radius 2 is 1.57 bits per heavy atom. The number of hydrogen-bond acceptors (Lipinski definition) is 6. The summed E-state index contributed by atoms with van der Waals surface area (Å²) in [5.41, 5.74) is 3.33. The molecule has 1 aliphatic rings. The summed E-state index contributed by atoms with van der Waals surface area (Å²) in [4.78, 5) is 33.3. The first kappa shape index (κ1) is 24.5. The van der Waals surface area contributed by atoms with Crippen molar-refractivity contribution < 1.29 is 19.4 Å². The first-order valence-electron chi connectivity index (χ1n) is 12.0. The Morgan fingerprint density at radius 1 is 0.946 bits per heavy atom. The maximum absolute atomic E-state index is 13.7. The molecule has 2 heterocycles. The lowest BCUT2D eigenvalue weighted by Gasteiger charge is -2.27. The van der Waals surface area contributed by atoms with Crippen LogP contribution in [-0.2, 0) is 17.9 Å². The zero-order chi connectivity index (χ0) is 25.9. The predicted molar refractivity (Wildman–Crippen MR) is 143 cm³/mol. The number of aliphatic hydroxyl groups excluding tert-OH is 1. The van der Waals surface area contributed by atoms with Gasteiger partial charge in [-0.3, -0.25) is 9.59 Å². The van der Waals surface area contributed by atoms with Gasteiger partial charge in [0.1, 0.15) is 12.4 Å². The highest BCUT2D eigenvalue weighted by atomic mass is 32.1. The average Bonchev–Trinajstić information content (AvgIpc) is 3.39. The molecular formula is C30H26N2O4S. The fourth-order valence-electron chi connectivity index (χ4n) is 4.53. The summed E-state index contributed by atoms with van der Waals surface area (Å²) < 4.78 is 5.92. The van der Waals surface area contributed by atoms with Crippen LogP contribution >= 0.6 is 11.3 Å². The van der Waals surface area contributed by atoms with Gasteiger partial charge in [0.15, 0.2) is 5.76 Å². The number of rotatable bonds is 8. The monoisotopic (exact) mass is 510 g/mol. The highest BCUT2D eigenvalue weighted by Gasteiger charge is 2.44.